The molecular weight excluding hydrogens is 350 g/mol. The smallest absolute Gasteiger partial charge is 0.335 e. The van der Waals surface area contributed by atoms with Crippen LogP contribution in [0.25, 0.3) is 0 Å². The van der Waals surface area contributed by atoms with Gasteiger partial charge in [0.2, 0.25) is 0 Å². The van der Waals surface area contributed by atoms with Crippen LogP contribution in [0.4, 0.5) is 0 Å². The molecule has 0 aliphatic carbocycles. The van der Waals surface area contributed by atoms with E-state index in [1.807, 2.05) is 30.3 Å². The highest BCUT2D eigenvalue weighted by molar-refractivity contribution is 6.35. The molecule has 8 nitrogen and oxygen atoms in total. The van der Waals surface area contributed by atoms with E-state index in [-0.39, 0.29) is 12.1 Å². The summed E-state index contributed by atoms with van der Waals surface area (Å²) in [5.41, 5.74) is 3.37. The monoisotopic (exact) mass is 369 g/mol. The van der Waals surface area contributed by atoms with Crippen molar-refractivity contribution in [3.8, 4) is 5.75 Å². The summed E-state index contributed by atoms with van der Waals surface area (Å²) in [7, 11) is 0. The molecular formula is C19H19N3O5. The van der Waals surface area contributed by atoms with Crippen LogP contribution in [0.15, 0.2) is 53.6 Å². The predicted octanol–water partition coefficient (Wildman–Crippen LogP) is 1.55. The lowest BCUT2D eigenvalue weighted by molar-refractivity contribution is -0.139. The Balaban J connectivity index is 1.97. The highest BCUT2D eigenvalue weighted by Gasteiger charge is 2.12. The van der Waals surface area contributed by atoms with E-state index in [9.17, 15) is 14.4 Å². The first kappa shape index (κ1) is 19.6. The molecule has 0 saturated heterocycles. The quantitative estimate of drug-likeness (QED) is 0.389. The third kappa shape index (κ3) is 5.96. The zero-order chi connectivity index (χ0) is 19.6. The number of rotatable bonds is 7. The van der Waals surface area contributed by atoms with Gasteiger partial charge in [-0.2, -0.15) is 5.10 Å². The van der Waals surface area contributed by atoms with E-state index in [0.717, 1.165) is 5.56 Å². The first-order valence-electron chi connectivity index (χ1n) is 8.16. The van der Waals surface area contributed by atoms with E-state index in [1.54, 1.807) is 6.92 Å². The number of carbonyl (C=O) groups excluding carboxylic acids is 2. The minimum absolute atomic E-state index is 0.0480. The molecule has 8 heteroatoms. The summed E-state index contributed by atoms with van der Waals surface area (Å²) in [6.07, 6.45) is 1.22. The molecule has 2 amide bonds. The van der Waals surface area contributed by atoms with Crippen molar-refractivity contribution in [1.82, 2.24) is 10.7 Å². The molecule has 3 N–H and O–H groups in total. The van der Waals surface area contributed by atoms with Crippen LogP contribution in [0.3, 0.4) is 0 Å². The number of carbonyl (C=O) groups is 3. The number of hydrazone groups is 1. The van der Waals surface area contributed by atoms with Gasteiger partial charge in [-0.1, -0.05) is 30.3 Å². The Morgan fingerprint density at radius 3 is 2.52 bits per heavy atom. The molecule has 27 heavy (non-hydrogen) atoms. The molecule has 2 aromatic rings. The van der Waals surface area contributed by atoms with Gasteiger partial charge in [0.25, 0.3) is 0 Å². The Kier molecular flexibility index (Phi) is 7.07. The van der Waals surface area contributed by atoms with E-state index in [1.165, 1.54) is 24.4 Å². The Bertz CT molecular complexity index is 850. The Labute approximate surface area is 155 Å². The average Bonchev–Trinajstić information content (AvgIpc) is 2.68. The molecule has 0 heterocycles. The number of aromatic carboxylic acids is 1. The summed E-state index contributed by atoms with van der Waals surface area (Å²) < 4.78 is 5.39. The van der Waals surface area contributed by atoms with Gasteiger partial charge in [-0.15, -0.1) is 0 Å². The number of amides is 2. The summed E-state index contributed by atoms with van der Waals surface area (Å²) >= 11 is 0. The third-order valence-electron chi connectivity index (χ3n) is 3.43. The highest BCUT2D eigenvalue weighted by atomic mass is 16.5. The number of carboxylic acids is 1. The number of ether oxygens (including phenoxy) is 1. The topological polar surface area (TPSA) is 117 Å². The second-order valence-corrected chi connectivity index (χ2v) is 5.36. The van der Waals surface area contributed by atoms with Crippen molar-refractivity contribution in [2.45, 2.75) is 13.5 Å². The van der Waals surface area contributed by atoms with Gasteiger partial charge in [0.05, 0.1) is 18.4 Å². The fourth-order valence-corrected chi connectivity index (χ4v) is 2.14. The molecule has 0 aliphatic rings. The first-order chi connectivity index (χ1) is 13.0. The lowest BCUT2D eigenvalue weighted by Crippen LogP contribution is -2.37. The standard InChI is InChI=1S/C19H19N3O5/c1-2-27-16-9-8-14(19(25)26)10-15(16)12-21-22-18(24)17(23)20-11-13-6-4-3-5-7-13/h3-10,12H,2,11H2,1H3,(H,20,23)(H,22,24)(H,25,26)/b21-12-. The van der Waals surface area contributed by atoms with E-state index in [2.05, 4.69) is 15.8 Å². The average molecular weight is 369 g/mol. The van der Waals surface area contributed by atoms with Crippen molar-refractivity contribution in [2.75, 3.05) is 6.61 Å². The molecule has 2 rings (SSSR count). The Hall–Kier alpha value is -3.68. The van der Waals surface area contributed by atoms with Gasteiger partial charge in [-0.05, 0) is 30.7 Å². The lowest BCUT2D eigenvalue weighted by atomic mass is 10.1. The van der Waals surface area contributed by atoms with Crippen LogP contribution in [0.1, 0.15) is 28.4 Å². The van der Waals surface area contributed by atoms with Gasteiger partial charge in [-0.25, -0.2) is 10.2 Å². The molecule has 0 aliphatic heterocycles. The fourth-order valence-electron chi connectivity index (χ4n) is 2.14. The molecule has 0 saturated carbocycles. The molecule has 0 unspecified atom stereocenters. The number of nitrogens with zero attached hydrogens (tertiary/aromatic N) is 1. The number of hydrogen-bond acceptors (Lipinski definition) is 5. The second kappa shape index (κ2) is 9.71. The van der Waals surface area contributed by atoms with Crippen molar-refractivity contribution in [1.29, 1.82) is 0 Å². The number of nitrogens with one attached hydrogen (secondary N) is 2. The first-order valence-corrected chi connectivity index (χ1v) is 8.16. The third-order valence-corrected chi connectivity index (χ3v) is 3.43. The summed E-state index contributed by atoms with van der Waals surface area (Å²) in [4.78, 5) is 34.6. The van der Waals surface area contributed by atoms with Crippen LogP contribution < -0.4 is 15.5 Å². The summed E-state index contributed by atoms with van der Waals surface area (Å²) in [6.45, 7) is 2.37. The number of hydrogen-bond donors (Lipinski definition) is 3. The van der Waals surface area contributed by atoms with Crippen LogP contribution in [-0.4, -0.2) is 35.7 Å². The number of benzene rings is 2. The lowest BCUT2D eigenvalue weighted by Gasteiger charge is -2.08. The summed E-state index contributed by atoms with van der Waals surface area (Å²) in [5, 5.41) is 15.2. The van der Waals surface area contributed by atoms with E-state index >= 15 is 0 Å². The second-order valence-electron chi connectivity index (χ2n) is 5.36. The van der Waals surface area contributed by atoms with Crippen LogP contribution in [0, 0.1) is 0 Å². The molecule has 0 bridgehead atoms. The molecule has 0 fully saturated rings. The van der Waals surface area contributed by atoms with Gasteiger partial charge >= 0.3 is 17.8 Å². The molecule has 2 aromatic carbocycles. The van der Waals surface area contributed by atoms with Gasteiger partial charge in [-0.3, -0.25) is 9.59 Å². The van der Waals surface area contributed by atoms with E-state index in [0.29, 0.717) is 17.9 Å². The largest absolute Gasteiger partial charge is 0.493 e. The zero-order valence-electron chi connectivity index (χ0n) is 14.6. The molecule has 0 aromatic heterocycles. The zero-order valence-corrected chi connectivity index (χ0v) is 14.6. The SMILES string of the molecule is CCOc1ccc(C(=O)O)cc1/C=N\NC(=O)C(=O)NCc1ccccc1. The van der Waals surface area contributed by atoms with E-state index < -0.39 is 17.8 Å². The number of carboxylic acid groups (broad SMARTS) is 1. The molecule has 140 valence electrons. The Morgan fingerprint density at radius 1 is 1.11 bits per heavy atom. The van der Waals surface area contributed by atoms with Gasteiger partial charge in [0.1, 0.15) is 5.75 Å². The van der Waals surface area contributed by atoms with E-state index in [4.69, 9.17) is 9.84 Å². The van der Waals surface area contributed by atoms with Crippen molar-refractivity contribution in [2.24, 2.45) is 5.10 Å². The van der Waals surface area contributed by atoms with Crippen molar-refractivity contribution < 1.29 is 24.2 Å². The minimum Gasteiger partial charge on any atom is -0.493 e. The predicted molar refractivity (Wildman–Crippen MR) is 98.6 cm³/mol. The Morgan fingerprint density at radius 2 is 1.85 bits per heavy atom. The maximum absolute atomic E-state index is 11.8. The van der Waals surface area contributed by atoms with Crippen LogP contribution in [0.2, 0.25) is 0 Å². The summed E-state index contributed by atoms with van der Waals surface area (Å²) in [6, 6.07) is 13.4. The molecule has 0 atom stereocenters. The van der Waals surface area contributed by atoms with Gasteiger partial charge in [0, 0.05) is 12.1 Å². The van der Waals surface area contributed by atoms with Crippen LogP contribution >= 0.6 is 0 Å². The van der Waals surface area contributed by atoms with Crippen LogP contribution in [0.5, 0.6) is 5.75 Å². The van der Waals surface area contributed by atoms with Gasteiger partial charge < -0.3 is 15.2 Å². The maximum atomic E-state index is 11.8. The normalized spacial score (nSPS) is 10.4. The molecule has 0 radical (unpaired) electrons. The minimum atomic E-state index is -1.10. The fraction of sp³-hybridized carbons (Fsp3) is 0.158. The highest BCUT2D eigenvalue weighted by Crippen LogP contribution is 2.18. The maximum Gasteiger partial charge on any atom is 0.335 e. The van der Waals surface area contributed by atoms with Crippen molar-refractivity contribution in [3.63, 3.8) is 0 Å². The van der Waals surface area contributed by atoms with Crippen molar-refractivity contribution in [3.05, 3.63) is 65.2 Å². The van der Waals surface area contributed by atoms with Gasteiger partial charge in [0.15, 0.2) is 0 Å². The van der Waals surface area contributed by atoms with Crippen LogP contribution in [-0.2, 0) is 16.1 Å². The molecule has 0 spiro atoms. The summed E-state index contributed by atoms with van der Waals surface area (Å²) in [5.74, 6) is -2.46. The van der Waals surface area contributed by atoms with Crippen molar-refractivity contribution >= 4 is 24.0 Å².